The Morgan fingerprint density at radius 3 is 2.95 bits per heavy atom. The van der Waals surface area contributed by atoms with Gasteiger partial charge in [-0.3, -0.25) is 4.79 Å². The third-order valence-corrected chi connectivity index (χ3v) is 2.54. The second-order valence-electron chi connectivity index (χ2n) is 4.06. The molecule has 0 unspecified atom stereocenters. The maximum Gasteiger partial charge on any atom is 0.275 e. The summed E-state index contributed by atoms with van der Waals surface area (Å²) in [6, 6.07) is 3.43. The topological polar surface area (TPSA) is 95.1 Å². The number of carbonyl (C=O) groups is 1. The summed E-state index contributed by atoms with van der Waals surface area (Å²) >= 11 is 0. The van der Waals surface area contributed by atoms with Crippen molar-refractivity contribution >= 4 is 11.6 Å². The number of imidazole rings is 1. The molecular weight excluding hydrogens is 258 g/mol. The lowest BCUT2D eigenvalue weighted by molar-refractivity contribution is 0.102. The van der Waals surface area contributed by atoms with Crippen molar-refractivity contribution in [2.45, 2.75) is 13.5 Å². The zero-order valence-electron chi connectivity index (χ0n) is 11.2. The SMILES string of the molecule is CCOc1ccc(NC(=O)c2cn(CCN)cn2)cn1. The van der Waals surface area contributed by atoms with E-state index in [0.29, 0.717) is 37.0 Å². The van der Waals surface area contributed by atoms with Gasteiger partial charge in [-0.05, 0) is 13.0 Å². The van der Waals surface area contributed by atoms with Crippen LogP contribution in [0, 0.1) is 0 Å². The van der Waals surface area contributed by atoms with E-state index in [1.807, 2.05) is 6.92 Å². The Morgan fingerprint density at radius 2 is 2.30 bits per heavy atom. The van der Waals surface area contributed by atoms with E-state index in [1.165, 1.54) is 0 Å². The van der Waals surface area contributed by atoms with E-state index >= 15 is 0 Å². The molecule has 0 aliphatic heterocycles. The van der Waals surface area contributed by atoms with E-state index in [1.54, 1.807) is 35.4 Å². The standard InChI is InChI=1S/C13H17N5O2/c1-2-20-12-4-3-10(7-15-12)17-13(19)11-8-18(6-5-14)9-16-11/h3-4,7-9H,2,5-6,14H2,1H3,(H,17,19). The Hall–Kier alpha value is -2.41. The van der Waals surface area contributed by atoms with E-state index in [9.17, 15) is 4.79 Å². The summed E-state index contributed by atoms with van der Waals surface area (Å²) in [5, 5.41) is 2.72. The number of aromatic nitrogens is 3. The first kappa shape index (κ1) is 14.0. The van der Waals surface area contributed by atoms with E-state index in [-0.39, 0.29) is 5.91 Å². The summed E-state index contributed by atoms with van der Waals surface area (Å²) in [4.78, 5) is 20.1. The third kappa shape index (κ3) is 3.55. The van der Waals surface area contributed by atoms with E-state index in [2.05, 4.69) is 15.3 Å². The summed E-state index contributed by atoms with van der Waals surface area (Å²) in [5.74, 6) is 0.240. The maximum absolute atomic E-state index is 12.0. The molecule has 0 fully saturated rings. The van der Waals surface area contributed by atoms with Crippen LogP contribution in [0.2, 0.25) is 0 Å². The molecule has 0 atom stereocenters. The van der Waals surface area contributed by atoms with Crippen molar-refractivity contribution in [3.63, 3.8) is 0 Å². The van der Waals surface area contributed by atoms with Crippen molar-refractivity contribution in [1.82, 2.24) is 14.5 Å². The Morgan fingerprint density at radius 1 is 1.45 bits per heavy atom. The van der Waals surface area contributed by atoms with Crippen LogP contribution in [0.25, 0.3) is 0 Å². The largest absolute Gasteiger partial charge is 0.478 e. The maximum atomic E-state index is 12.0. The number of nitrogens with zero attached hydrogens (tertiary/aromatic N) is 3. The lowest BCUT2D eigenvalue weighted by Gasteiger charge is -2.04. The molecule has 3 N–H and O–H groups in total. The highest BCUT2D eigenvalue weighted by Crippen LogP contribution is 2.12. The molecular formula is C13H17N5O2. The van der Waals surface area contributed by atoms with Gasteiger partial charge < -0.3 is 20.4 Å². The van der Waals surface area contributed by atoms with Crippen LogP contribution >= 0.6 is 0 Å². The molecule has 7 heteroatoms. The van der Waals surface area contributed by atoms with Crippen LogP contribution in [0.1, 0.15) is 17.4 Å². The van der Waals surface area contributed by atoms with Gasteiger partial charge >= 0.3 is 0 Å². The molecule has 2 rings (SSSR count). The van der Waals surface area contributed by atoms with Gasteiger partial charge in [0.25, 0.3) is 5.91 Å². The first-order chi connectivity index (χ1) is 9.72. The number of hydrogen-bond donors (Lipinski definition) is 2. The predicted octanol–water partition coefficient (Wildman–Crippen LogP) is 0.888. The zero-order valence-corrected chi connectivity index (χ0v) is 11.2. The molecule has 0 aliphatic rings. The van der Waals surface area contributed by atoms with Gasteiger partial charge in [0.2, 0.25) is 5.88 Å². The van der Waals surface area contributed by atoms with Crippen LogP contribution in [-0.4, -0.2) is 33.6 Å². The summed E-state index contributed by atoms with van der Waals surface area (Å²) in [6.45, 7) is 3.57. The molecule has 0 saturated heterocycles. The van der Waals surface area contributed by atoms with Crippen molar-refractivity contribution in [1.29, 1.82) is 0 Å². The Kier molecular flexibility index (Phi) is 4.67. The monoisotopic (exact) mass is 275 g/mol. The van der Waals surface area contributed by atoms with Crippen molar-refractivity contribution < 1.29 is 9.53 Å². The summed E-state index contributed by atoms with van der Waals surface area (Å²) in [6.07, 6.45) is 4.78. The minimum Gasteiger partial charge on any atom is -0.478 e. The normalized spacial score (nSPS) is 10.3. The summed E-state index contributed by atoms with van der Waals surface area (Å²) < 4.78 is 7.00. The molecule has 2 aromatic heterocycles. The number of nitrogens with two attached hydrogens (primary N) is 1. The molecule has 1 amide bonds. The molecule has 0 aromatic carbocycles. The molecule has 0 radical (unpaired) electrons. The van der Waals surface area contributed by atoms with Crippen molar-refractivity contribution in [2.75, 3.05) is 18.5 Å². The molecule has 0 saturated carbocycles. The molecule has 2 heterocycles. The van der Waals surface area contributed by atoms with Crippen LogP contribution in [0.3, 0.4) is 0 Å². The van der Waals surface area contributed by atoms with Gasteiger partial charge in [-0.25, -0.2) is 9.97 Å². The van der Waals surface area contributed by atoms with Crippen LogP contribution < -0.4 is 15.8 Å². The van der Waals surface area contributed by atoms with E-state index < -0.39 is 0 Å². The fourth-order valence-corrected chi connectivity index (χ4v) is 1.63. The van der Waals surface area contributed by atoms with Gasteiger partial charge in [0.1, 0.15) is 5.69 Å². The van der Waals surface area contributed by atoms with Crippen LogP contribution in [-0.2, 0) is 6.54 Å². The highest BCUT2D eigenvalue weighted by molar-refractivity contribution is 6.02. The van der Waals surface area contributed by atoms with E-state index in [0.717, 1.165) is 0 Å². The number of ether oxygens (including phenoxy) is 1. The highest BCUT2D eigenvalue weighted by Gasteiger charge is 2.09. The number of amides is 1. The lowest BCUT2D eigenvalue weighted by atomic mass is 10.3. The van der Waals surface area contributed by atoms with E-state index in [4.69, 9.17) is 10.5 Å². The Bertz CT molecular complexity index is 564. The van der Waals surface area contributed by atoms with Crippen LogP contribution in [0.15, 0.2) is 30.9 Å². The van der Waals surface area contributed by atoms with Gasteiger partial charge in [-0.2, -0.15) is 0 Å². The van der Waals surface area contributed by atoms with Gasteiger partial charge in [0, 0.05) is 25.4 Å². The van der Waals surface area contributed by atoms with Crippen LogP contribution in [0.4, 0.5) is 5.69 Å². The summed E-state index contributed by atoms with van der Waals surface area (Å²) in [7, 11) is 0. The smallest absolute Gasteiger partial charge is 0.275 e. The van der Waals surface area contributed by atoms with Gasteiger partial charge in [-0.15, -0.1) is 0 Å². The van der Waals surface area contributed by atoms with Crippen molar-refractivity contribution in [2.24, 2.45) is 5.73 Å². The predicted molar refractivity (Wildman–Crippen MR) is 74.6 cm³/mol. The first-order valence-electron chi connectivity index (χ1n) is 6.35. The average molecular weight is 275 g/mol. The molecule has 0 aliphatic carbocycles. The molecule has 0 spiro atoms. The average Bonchev–Trinajstić information content (AvgIpc) is 2.90. The fraction of sp³-hybridized carbons (Fsp3) is 0.308. The molecule has 0 bridgehead atoms. The second-order valence-corrected chi connectivity index (χ2v) is 4.06. The zero-order chi connectivity index (χ0) is 14.4. The quantitative estimate of drug-likeness (QED) is 0.816. The lowest BCUT2D eigenvalue weighted by Crippen LogP contribution is -2.13. The number of anilines is 1. The number of nitrogens with one attached hydrogen (secondary N) is 1. The number of rotatable bonds is 6. The van der Waals surface area contributed by atoms with Gasteiger partial charge in [0.05, 0.1) is 24.8 Å². The Labute approximate surface area is 116 Å². The Balaban J connectivity index is 1.99. The highest BCUT2D eigenvalue weighted by atomic mass is 16.5. The number of carbonyl (C=O) groups excluding carboxylic acids is 1. The van der Waals surface area contributed by atoms with Gasteiger partial charge in [0.15, 0.2) is 0 Å². The molecule has 106 valence electrons. The van der Waals surface area contributed by atoms with Gasteiger partial charge in [-0.1, -0.05) is 0 Å². The van der Waals surface area contributed by atoms with Crippen molar-refractivity contribution in [3.8, 4) is 5.88 Å². The van der Waals surface area contributed by atoms with Crippen molar-refractivity contribution in [3.05, 3.63) is 36.5 Å². The van der Waals surface area contributed by atoms with Crippen LogP contribution in [0.5, 0.6) is 5.88 Å². The number of hydrogen-bond acceptors (Lipinski definition) is 5. The number of pyridine rings is 1. The minimum atomic E-state index is -0.285. The molecule has 20 heavy (non-hydrogen) atoms. The minimum absolute atomic E-state index is 0.285. The third-order valence-electron chi connectivity index (χ3n) is 2.54. The first-order valence-corrected chi connectivity index (χ1v) is 6.35. The molecule has 7 nitrogen and oxygen atoms in total. The molecule has 2 aromatic rings. The fourth-order valence-electron chi connectivity index (χ4n) is 1.63. The second kappa shape index (κ2) is 6.67. The summed E-state index contributed by atoms with van der Waals surface area (Å²) in [5.41, 5.74) is 6.37.